The van der Waals surface area contributed by atoms with Crippen LogP contribution in [0.1, 0.15) is 22.8 Å². The molecule has 0 saturated heterocycles. The first-order chi connectivity index (χ1) is 10.7. The van der Waals surface area contributed by atoms with Crippen molar-refractivity contribution in [1.82, 2.24) is 9.55 Å². The van der Waals surface area contributed by atoms with E-state index in [0.29, 0.717) is 24.7 Å². The first-order valence-electron chi connectivity index (χ1n) is 7.16. The SMILES string of the molecule is CCOC(=O)c1cccc(Cn2c(N)nc3ccccc32)c1. The Hall–Kier alpha value is -2.82. The number of nitrogens with zero attached hydrogens (tertiary/aromatic N) is 2. The van der Waals surface area contributed by atoms with Crippen LogP contribution in [0.2, 0.25) is 0 Å². The Labute approximate surface area is 128 Å². The summed E-state index contributed by atoms with van der Waals surface area (Å²) in [5.74, 6) is 0.149. The highest BCUT2D eigenvalue weighted by atomic mass is 16.5. The van der Waals surface area contributed by atoms with E-state index in [4.69, 9.17) is 10.5 Å². The number of ether oxygens (including phenoxy) is 1. The summed E-state index contributed by atoms with van der Waals surface area (Å²) in [6.45, 7) is 2.71. The monoisotopic (exact) mass is 295 g/mol. The van der Waals surface area contributed by atoms with Crippen molar-refractivity contribution in [3.05, 3.63) is 59.7 Å². The standard InChI is InChI=1S/C17H17N3O2/c1-2-22-16(21)13-7-5-6-12(10-13)11-20-15-9-4-3-8-14(15)19-17(20)18/h3-10H,2,11H2,1H3,(H2,18,19). The number of aromatic nitrogens is 2. The number of benzene rings is 2. The van der Waals surface area contributed by atoms with E-state index in [1.807, 2.05) is 47.0 Å². The van der Waals surface area contributed by atoms with Gasteiger partial charge in [-0.2, -0.15) is 0 Å². The first kappa shape index (κ1) is 14.1. The van der Waals surface area contributed by atoms with E-state index in [2.05, 4.69) is 4.98 Å². The molecule has 0 aliphatic rings. The summed E-state index contributed by atoms with van der Waals surface area (Å²) in [6.07, 6.45) is 0. The predicted octanol–water partition coefficient (Wildman–Crippen LogP) is 2.84. The molecule has 0 unspecified atom stereocenters. The van der Waals surface area contributed by atoms with Crippen LogP contribution in [-0.2, 0) is 11.3 Å². The van der Waals surface area contributed by atoms with Gasteiger partial charge < -0.3 is 15.0 Å². The molecule has 22 heavy (non-hydrogen) atoms. The maximum atomic E-state index is 11.8. The van der Waals surface area contributed by atoms with Crippen molar-refractivity contribution in [3.63, 3.8) is 0 Å². The number of nitrogens with two attached hydrogens (primary N) is 1. The van der Waals surface area contributed by atoms with Crippen LogP contribution in [0, 0.1) is 0 Å². The van der Waals surface area contributed by atoms with Crippen LogP contribution in [0.25, 0.3) is 11.0 Å². The number of nitrogen functional groups attached to an aromatic ring is 1. The zero-order valence-electron chi connectivity index (χ0n) is 12.3. The van der Waals surface area contributed by atoms with Crippen molar-refractivity contribution in [3.8, 4) is 0 Å². The summed E-state index contributed by atoms with van der Waals surface area (Å²) in [4.78, 5) is 16.2. The Bertz CT molecular complexity index is 824. The average Bonchev–Trinajstić information content (AvgIpc) is 2.84. The molecule has 0 radical (unpaired) electrons. The molecule has 0 atom stereocenters. The van der Waals surface area contributed by atoms with Crippen LogP contribution >= 0.6 is 0 Å². The van der Waals surface area contributed by atoms with E-state index < -0.39 is 0 Å². The zero-order chi connectivity index (χ0) is 15.5. The molecule has 5 heteroatoms. The molecule has 0 fully saturated rings. The summed E-state index contributed by atoms with van der Waals surface area (Å²) >= 11 is 0. The fourth-order valence-corrected chi connectivity index (χ4v) is 2.45. The van der Waals surface area contributed by atoms with Crippen LogP contribution in [0.3, 0.4) is 0 Å². The number of imidazole rings is 1. The molecule has 2 N–H and O–H groups in total. The molecule has 0 saturated carbocycles. The van der Waals surface area contributed by atoms with Crippen LogP contribution in [0.5, 0.6) is 0 Å². The van der Waals surface area contributed by atoms with Gasteiger partial charge in [-0.1, -0.05) is 24.3 Å². The van der Waals surface area contributed by atoms with Crippen molar-refractivity contribution in [2.75, 3.05) is 12.3 Å². The lowest BCUT2D eigenvalue weighted by atomic mass is 10.1. The molecule has 1 aromatic heterocycles. The molecule has 0 aliphatic carbocycles. The van der Waals surface area contributed by atoms with E-state index in [-0.39, 0.29) is 5.97 Å². The number of rotatable bonds is 4. The van der Waals surface area contributed by atoms with Gasteiger partial charge in [-0.25, -0.2) is 9.78 Å². The van der Waals surface area contributed by atoms with Crippen LogP contribution in [-0.4, -0.2) is 22.1 Å². The molecule has 2 aromatic carbocycles. The van der Waals surface area contributed by atoms with Crippen molar-refractivity contribution in [1.29, 1.82) is 0 Å². The second-order valence-corrected chi connectivity index (χ2v) is 4.97. The predicted molar refractivity (Wildman–Crippen MR) is 85.6 cm³/mol. The summed E-state index contributed by atoms with van der Waals surface area (Å²) in [7, 11) is 0. The number of hydrogen-bond donors (Lipinski definition) is 1. The number of fused-ring (bicyclic) bond motifs is 1. The number of carbonyl (C=O) groups excluding carboxylic acids is 1. The van der Waals surface area contributed by atoms with Crippen LogP contribution < -0.4 is 5.73 Å². The molecule has 3 rings (SSSR count). The summed E-state index contributed by atoms with van der Waals surface area (Å²) in [5, 5.41) is 0. The third-order valence-corrected chi connectivity index (χ3v) is 3.46. The minimum absolute atomic E-state index is 0.312. The molecule has 0 amide bonds. The third-order valence-electron chi connectivity index (χ3n) is 3.46. The number of carbonyl (C=O) groups is 1. The number of anilines is 1. The van der Waals surface area contributed by atoms with Crippen molar-refractivity contribution in [2.45, 2.75) is 13.5 Å². The quantitative estimate of drug-likeness (QED) is 0.751. The summed E-state index contributed by atoms with van der Waals surface area (Å²) < 4.78 is 6.96. The van der Waals surface area contributed by atoms with Gasteiger partial charge in [0.15, 0.2) is 0 Å². The van der Waals surface area contributed by atoms with Crippen LogP contribution in [0.15, 0.2) is 48.5 Å². The Balaban J connectivity index is 1.94. The second kappa shape index (κ2) is 5.89. The van der Waals surface area contributed by atoms with E-state index in [0.717, 1.165) is 16.6 Å². The average molecular weight is 295 g/mol. The Morgan fingerprint density at radius 3 is 2.86 bits per heavy atom. The van der Waals surface area contributed by atoms with E-state index in [9.17, 15) is 4.79 Å². The van der Waals surface area contributed by atoms with Gasteiger partial charge in [0.25, 0.3) is 0 Å². The lowest BCUT2D eigenvalue weighted by molar-refractivity contribution is 0.0526. The van der Waals surface area contributed by atoms with E-state index in [1.54, 1.807) is 13.0 Å². The van der Waals surface area contributed by atoms with E-state index >= 15 is 0 Å². The zero-order valence-corrected chi connectivity index (χ0v) is 12.3. The number of esters is 1. The van der Waals surface area contributed by atoms with Gasteiger partial charge in [0, 0.05) is 0 Å². The fourth-order valence-electron chi connectivity index (χ4n) is 2.45. The Morgan fingerprint density at radius 1 is 1.23 bits per heavy atom. The molecular formula is C17H17N3O2. The van der Waals surface area contributed by atoms with Gasteiger partial charge in [0.1, 0.15) is 0 Å². The second-order valence-electron chi connectivity index (χ2n) is 4.97. The lowest BCUT2D eigenvalue weighted by Gasteiger charge is -2.08. The normalized spacial score (nSPS) is 10.8. The molecule has 0 aliphatic heterocycles. The van der Waals surface area contributed by atoms with Crippen molar-refractivity contribution < 1.29 is 9.53 Å². The lowest BCUT2D eigenvalue weighted by Crippen LogP contribution is -2.07. The molecule has 0 bridgehead atoms. The molecule has 5 nitrogen and oxygen atoms in total. The maximum absolute atomic E-state index is 11.8. The highest BCUT2D eigenvalue weighted by Crippen LogP contribution is 2.19. The molecule has 112 valence electrons. The number of hydrogen-bond acceptors (Lipinski definition) is 4. The van der Waals surface area contributed by atoms with Gasteiger partial charge in [0.05, 0.1) is 29.7 Å². The first-order valence-corrected chi connectivity index (χ1v) is 7.16. The van der Waals surface area contributed by atoms with Gasteiger partial charge in [-0.15, -0.1) is 0 Å². The molecular weight excluding hydrogens is 278 g/mol. The molecule has 1 heterocycles. The van der Waals surface area contributed by atoms with Crippen molar-refractivity contribution >= 4 is 23.0 Å². The molecule has 3 aromatic rings. The maximum Gasteiger partial charge on any atom is 0.338 e. The third kappa shape index (κ3) is 2.65. The van der Waals surface area contributed by atoms with Gasteiger partial charge in [-0.3, -0.25) is 0 Å². The Kier molecular flexibility index (Phi) is 3.78. The number of para-hydroxylation sites is 2. The fraction of sp³-hybridized carbons (Fsp3) is 0.176. The van der Waals surface area contributed by atoms with Gasteiger partial charge in [-0.05, 0) is 36.8 Å². The highest BCUT2D eigenvalue weighted by Gasteiger charge is 2.10. The largest absolute Gasteiger partial charge is 0.462 e. The molecule has 0 spiro atoms. The summed E-state index contributed by atoms with van der Waals surface area (Å²) in [6, 6.07) is 15.2. The van der Waals surface area contributed by atoms with Gasteiger partial charge in [0.2, 0.25) is 5.95 Å². The van der Waals surface area contributed by atoms with Crippen LogP contribution in [0.4, 0.5) is 5.95 Å². The van der Waals surface area contributed by atoms with Crippen molar-refractivity contribution in [2.24, 2.45) is 0 Å². The highest BCUT2D eigenvalue weighted by molar-refractivity contribution is 5.89. The summed E-state index contributed by atoms with van der Waals surface area (Å²) in [5.41, 5.74) is 9.36. The Morgan fingerprint density at radius 2 is 2.05 bits per heavy atom. The van der Waals surface area contributed by atoms with E-state index in [1.165, 1.54) is 0 Å². The smallest absolute Gasteiger partial charge is 0.338 e. The minimum atomic E-state index is -0.312. The minimum Gasteiger partial charge on any atom is -0.462 e. The topological polar surface area (TPSA) is 70.1 Å². The van der Waals surface area contributed by atoms with Gasteiger partial charge >= 0.3 is 5.97 Å².